The van der Waals surface area contributed by atoms with Crippen molar-refractivity contribution in [2.24, 2.45) is 5.73 Å². The van der Waals surface area contributed by atoms with Crippen LogP contribution >= 0.6 is 11.6 Å². The van der Waals surface area contributed by atoms with Crippen molar-refractivity contribution in [1.82, 2.24) is 9.88 Å². The van der Waals surface area contributed by atoms with E-state index in [2.05, 4.69) is 4.98 Å². The van der Waals surface area contributed by atoms with Crippen LogP contribution in [0.1, 0.15) is 10.4 Å². The van der Waals surface area contributed by atoms with Gasteiger partial charge in [-0.2, -0.15) is 0 Å². The van der Waals surface area contributed by atoms with Crippen molar-refractivity contribution < 1.29 is 9.59 Å². The fraction of sp³-hybridized carbons (Fsp3) is 0.222. The fourth-order valence-electron chi connectivity index (χ4n) is 1.06. The number of rotatable bonds is 3. The zero-order valence-corrected chi connectivity index (χ0v) is 8.86. The molecular formula is C9H10ClN3O2. The smallest absolute Gasteiger partial charge is 0.255 e. The topological polar surface area (TPSA) is 76.3 Å². The molecule has 0 aliphatic heterocycles. The Morgan fingerprint density at radius 2 is 2.27 bits per heavy atom. The summed E-state index contributed by atoms with van der Waals surface area (Å²) in [4.78, 5) is 27.3. The van der Waals surface area contributed by atoms with Crippen LogP contribution in [0.15, 0.2) is 18.5 Å². The van der Waals surface area contributed by atoms with Gasteiger partial charge in [-0.3, -0.25) is 14.6 Å². The molecule has 2 N–H and O–H groups in total. The summed E-state index contributed by atoms with van der Waals surface area (Å²) in [7, 11) is 1.48. The molecule has 0 atom stereocenters. The molecule has 15 heavy (non-hydrogen) atoms. The standard InChI is InChI=1S/C9H10ClN3O2/c1-13(5-8(11)14)9(15)6-2-3-12-4-7(6)10/h2-4H,5H2,1H3,(H2,11,14). The number of hydrogen-bond acceptors (Lipinski definition) is 3. The SMILES string of the molecule is CN(CC(N)=O)C(=O)c1ccncc1Cl. The number of primary amides is 1. The molecule has 5 nitrogen and oxygen atoms in total. The lowest BCUT2D eigenvalue weighted by Crippen LogP contribution is -2.35. The van der Waals surface area contributed by atoms with Crippen molar-refractivity contribution in [1.29, 1.82) is 0 Å². The first-order chi connectivity index (χ1) is 7.02. The van der Waals surface area contributed by atoms with Crippen LogP contribution in [0, 0.1) is 0 Å². The summed E-state index contributed by atoms with van der Waals surface area (Å²) in [6.07, 6.45) is 2.82. The van der Waals surface area contributed by atoms with Crippen molar-refractivity contribution in [3.63, 3.8) is 0 Å². The molecule has 2 amide bonds. The average Bonchev–Trinajstić information content (AvgIpc) is 2.16. The van der Waals surface area contributed by atoms with Gasteiger partial charge in [0, 0.05) is 19.4 Å². The number of pyridine rings is 1. The minimum Gasteiger partial charge on any atom is -0.368 e. The van der Waals surface area contributed by atoms with Crippen molar-refractivity contribution in [2.45, 2.75) is 0 Å². The van der Waals surface area contributed by atoms with E-state index in [-0.39, 0.29) is 17.5 Å². The Bertz CT molecular complexity index is 395. The lowest BCUT2D eigenvalue weighted by atomic mass is 10.2. The molecule has 0 saturated carbocycles. The number of carbonyl (C=O) groups excluding carboxylic acids is 2. The minimum absolute atomic E-state index is 0.141. The van der Waals surface area contributed by atoms with Crippen molar-refractivity contribution in [3.8, 4) is 0 Å². The van der Waals surface area contributed by atoms with E-state index in [4.69, 9.17) is 17.3 Å². The molecule has 1 aromatic rings. The molecule has 0 aliphatic carbocycles. The maximum Gasteiger partial charge on any atom is 0.255 e. The van der Waals surface area contributed by atoms with Crippen LogP contribution in [0.2, 0.25) is 5.02 Å². The minimum atomic E-state index is -0.573. The van der Waals surface area contributed by atoms with Gasteiger partial charge in [0.1, 0.15) is 0 Å². The van der Waals surface area contributed by atoms with Crippen LogP contribution in [-0.4, -0.2) is 35.3 Å². The lowest BCUT2D eigenvalue weighted by molar-refractivity contribution is -0.118. The number of likely N-dealkylation sites (N-methyl/N-ethyl adjacent to an activating group) is 1. The van der Waals surface area contributed by atoms with Gasteiger partial charge in [-0.15, -0.1) is 0 Å². The van der Waals surface area contributed by atoms with E-state index in [9.17, 15) is 9.59 Å². The average molecular weight is 228 g/mol. The normalized spacial score (nSPS) is 9.73. The molecule has 1 rings (SSSR count). The van der Waals surface area contributed by atoms with Crippen molar-refractivity contribution in [3.05, 3.63) is 29.0 Å². The Morgan fingerprint density at radius 1 is 1.60 bits per heavy atom. The van der Waals surface area contributed by atoms with E-state index in [1.165, 1.54) is 30.4 Å². The molecule has 1 heterocycles. The second-order valence-electron chi connectivity index (χ2n) is 2.98. The number of hydrogen-bond donors (Lipinski definition) is 1. The van der Waals surface area contributed by atoms with Gasteiger partial charge in [-0.1, -0.05) is 11.6 Å². The monoisotopic (exact) mass is 227 g/mol. The lowest BCUT2D eigenvalue weighted by Gasteiger charge is -2.15. The third-order valence-electron chi connectivity index (χ3n) is 1.74. The third kappa shape index (κ3) is 2.92. The van der Waals surface area contributed by atoms with E-state index in [1.807, 2.05) is 0 Å². The zero-order chi connectivity index (χ0) is 11.4. The van der Waals surface area contributed by atoms with E-state index >= 15 is 0 Å². The predicted octanol–water partition coefficient (Wildman–Crippen LogP) is 0.292. The van der Waals surface area contributed by atoms with Gasteiger partial charge in [0.2, 0.25) is 5.91 Å². The highest BCUT2D eigenvalue weighted by molar-refractivity contribution is 6.33. The first-order valence-electron chi connectivity index (χ1n) is 4.15. The molecule has 0 aliphatic rings. The second kappa shape index (κ2) is 4.75. The molecule has 0 aromatic carbocycles. The van der Waals surface area contributed by atoms with Crippen molar-refractivity contribution in [2.75, 3.05) is 13.6 Å². The summed E-state index contributed by atoms with van der Waals surface area (Å²) in [5, 5.41) is 0.249. The van der Waals surface area contributed by atoms with E-state index in [1.54, 1.807) is 0 Å². The fourth-order valence-corrected chi connectivity index (χ4v) is 1.26. The summed E-state index contributed by atoms with van der Waals surface area (Å²) in [5.74, 6) is -0.933. The van der Waals surface area contributed by atoms with Gasteiger partial charge < -0.3 is 10.6 Å². The first kappa shape index (κ1) is 11.5. The molecule has 6 heteroatoms. The number of amides is 2. The summed E-state index contributed by atoms with van der Waals surface area (Å²) in [6.45, 7) is -0.141. The van der Waals surface area contributed by atoms with Crippen LogP contribution < -0.4 is 5.73 Å². The highest BCUT2D eigenvalue weighted by Crippen LogP contribution is 2.14. The summed E-state index contributed by atoms with van der Waals surface area (Å²) >= 11 is 5.77. The van der Waals surface area contributed by atoms with E-state index in [0.29, 0.717) is 5.56 Å². The molecule has 0 fully saturated rings. The van der Waals surface area contributed by atoms with Gasteiger partial charge in [-0.25, -0.2) is 0 Å². The number of carbonyl (C=O) groups is 2. The highest BCUT2D eigenvalue weighted by Gasteiger charge is 2.15. The van der Waals surface area contributed by atoms with Crippen LogP contribution in [0.4, 0.5) is 0 Å². The maximum atomic E-state index is 11.7. The molecule has 0 radical (unpaired) electrons. The first-order valence-corrected chi connectivity index (χ1v) is 4.53. The number of nitrogens with two attached hydrogens (primary N) is 1. The van der Waals surface area contributed by atoms with Crippen molar-refractivity contribution >= 4 is 23.4 Å². The van der Waals surface area contributed by atoms with Gasteiger partial charge in [0.25, 0.3) is 5.91 Å². The maximum absolute atomic E-state index is 11.7. The Hall–Kier alpha value is -1.62. The van der Waals surface area contributed by atoms with Gasteiger partial charge in [-0.05, 0) is 6.07 Å². The summed E-state index contributed by atoms with van der Waals surface area (Å²) < 4.78 is 0. The molecule has 0 spiro atoms. The molecule has 0 bridgehead atoms. The quantitative estimate of drug-likeness (QED) is 0.807. The largest absolute Gasteiger partial charge is 0.368 e. The Labute approximate surface area is 91.8 Å². The van der Waals surface area contributed by atoms with Gasteiger partial charge in [0.15, 0.2) is 0 Å². The van der Waals surface area contributed by atoms with Gasteiger partial charge >= 0.3 is 0 Å². The highest BCUT2D eigenvalue weighted by atomic mass is 35.5. The molecule has 0 unspecified atom stereocenters. The summed E-state index contributed by atoms with van der Waals surface area (Å²) in [6, 6.07) is 1.49. The van der Waals surface area contributed by atoms with Crippen LogP contribution in [0.5, 0.6) is 0 Å². The van der Waals surface area contributed by atoms with Crippen LogP contribution in [0.3, 0.4) is 0 Å². The zero-order valence-electron chi connectivity index (χ0n) is 8.11. The van der Waals surface area contributed by atoms with Crippen LogP contribution in [-0.2, 0) is 4.79 Å². The molecule has 1 aromatic heterocycles. The number of halogens is 1. The Kier molecular flexibility index (Phi) is 3.62. The molecule has 80 valence electrons. The molecule has 0 saturated heterocycles. The van der Waals surface area contributed by atoms with Gasteiger partial charge in [0.05, 0.1) is 17.1 Å². The number of aromatic nitrogens is 1. The third-order valence-corrected chi connectivity index (χ3v) is 2.04. The predicted molar refractivity (Wildman–Crippen MR) is 55.4 cm³/mol. The molecular weight excluding hydrogens is 218 g/mol. The summed E-state index contributed by atoms with van der Waals surface area (Å²) in [5.41, 5.74) is 5.27. The Morgan fingerprint density at radius 3 is 2.80 bits per heavy atom. The van der Waals surface area contributed by atoms with E-state index in [0.717, 1.165) is 0 Å². The van der Waals surface area contributed by atoms with Crippen LogP contribution in [0.25, 0.3) is 0 Å². The number of nitrogens with zero attached hydrogens (tertiary/aromatic N) is 2. The Balaban J connectivity index is 2.85. The second-order valence-corrected chi connectivity index (χ2v) is 3.39. The van der Waals surface area contributed by atoms with E-state index < -0.39 is 5.91 Å².